The topological polar surface area (TPSA) is 121 Å². The van der Waals surface area contributed by atoms with Crippen LogP contribution in [0.1, 0.15) is 18.9 Å². The second kappa shape index (κ2) is 13.6. The summed E-state index contributed by atoms with van der Waals surface area (Å²) in [4.78, 5) is 33.6. The minimum Gasteiger partial charge on any atom is -0.506 e. The number of aliphatic hydroxyl groups excluding tert-OH is 1. The number of hydrogen-bond acceptors (Lipinski definition) is 7. The van der Waals surface area contributed by atoms with Crippen molar-refractivity contribution in [3.8, 4) is 5.75 Å². The van der Waals surface area contributed by atoms with Gasteiger partial charge in [-0.3, -0.25) is 9.59 Å². The zero-order valence-electron chi connectivity index (χ0n) is 15.4. The van der Waals surface area contributed by atoms with Gasteiger partial charge in [0.15, 0.2) is 0 Å². The number of hydrogen-bond donors (Lipinski definition) is 2. The van der Waals surface area contributed by atoms with Crippen LogP contribution in [0.2, 0.25) is 0 Å². The summed E-state index contributed by atoms with van der Waals surface area (Å²) in [6, 6.07) is 3.18. The average Bonchev–Trinajstić information content (AvgIpc) is 2.67. The third-order valence-corrected chi connectivity index (χ3v) is 4.29. The maximum Gasteiger partial charge on any atom is 0.307 e. The van der Waals surface area contributed by atoms with Crippen molar-refractivity contribution in [2.24, 2.45) is 15.0 Å². The summed E-state index contributed by atoms with van der Waals surface area (Å²) < 4.78 is 5.60. The van der Waals surface area contributed by atoms with E-state index in [2.05, 4.69) is 70.2 Å². The predicted octanol–water partition coefficient (Wildman–Crippen LogP) is 2.53. The number of nitrogens with zero attached hydrogens (tertiary/aromatic N) is 3. The summed E-state index contributed by atoms with van der Waals surface area (Å²) in [5.41, 5.74) is 3.00. The third-order valence-electron chi connectivity index (χ3n) is 3.08. The lowest BCUT2D eigenvalue weighted by Crippen LogP contribution is -2.20. The number of rotatable bonds is 8. The molecule has 1 aromatic carbocycles. The van der Waals surface area contributed by atoms with Crippen molar-refractivity contribution in [2.75, 3.05) is 13.2 Å². The summed E-state index contributed by atoms with van der Waals surface area (Å²) in [5.74, 6) is 5.82. The molecule has 0 aliphatic carbocycles. The molecule has 0 saturated carbocycles. The SMILES string of the molecule is CCOC(=O)CCN=C=C=NC=C=C=NC(=O)[C@H](O)Cc1cc(Br)c(O)c(Br)c1. The molecule has 1 aromatic rings. The van der Waals surface area contributed by atoms with Gasteiger partial charge >= 0.3 is 5.97 Å². The second-order valence-electron chi connectivity index (χ2n) is 5.25. The van der Waals surface area contributed by atoms with E-state index in [-0.39, 0.29) is 31.1 Å². The lowest BCUT2D eigenvalue weighted by atomic mass is 10.1. The standard InChI is InChI=1S/C19H17Br2N3O5/c1-2-29-17(26)4-7-23-9-8-22-5-3-6-24-19(28)16(25)12-13-10-14(20)18(27)15(21)11-13/h5,10-11,16,25,27H,2,4,7,12H2,1H3/t16-/m1/s1. The van der Waals surface area contributed by atoms with E-state index < -0.39 is 12.0 Å². The number of benzene rings is 1. The van der Waals surface area contributed by atoms with Gasteiger partial charge in [0.05, 0.1) is 46.5 Å². The first-order chi connectivity index (χ1) is 13.8. The number of aliphatic imine (C=N–C) groups is 3. The molecule has 0 saturated heterocycles. The highest BCUT2D eigenvalue weighted by molar-refractivity contribution is 9.11. The Hall–Kier alpha value is -2.53. The zero-order chi connectivity index (χ0) is 21.6. The fourth-order valence-electron chi connectivity index (χ4n) is 1.80. The Kier molecular flexibility index (Phi) is 11.5. The Morgan fingerprint density at radius 2 is 1.93 bits per heavy atom. The Balaban J connectivity index is 2.58. The molecule has 0 heterocycles. The third kappa shape index (κ3) is 9.99. The van der Waals surface area contributed by atoms with Crippen molar-refractivity contribution in [3.63, 3.8) is 0 Å². The lowest BCUT2D eigenvalue weighted by molar-refractivity contribution is -0.142. The number of amides is 1. The first-order valence-electron chi connectivity index (χ1n) is 8.28. The number of ether oxygens (including phenoxy) is 1. The first-order valence-corrected chi connectivity index (χ1v) is 9.87. The molecule has 0 aliphatic heterocycles. The molecule has 10 heteroatoms. The van der Waals surface area contributed by atoms with E-state index in [4.69, 9.17) is 4.74 Å². The van der Waals surface area contributed by atoms with Crippen molar-refractivity contribution >= 4 is 61.3 Å². The Bertz CT molecular complexity index is 928. The molecular formula is C19H17Br2N3O5. The van der Waals surface area contributed by atoms with Crippen molar-refractivity contribution < 1.29 is 24.5 Å². The highest BCUT2D eigenvalue weighted by atomic mass is 79.9. The summed E-state index contributed by atoms with van der Waals surface area (Å²) in [5, 5.41) is 19.6. The Morgan fingerprint density at radius 3 is 2.59 bits per heavy atom. The van der Waals surface area contributed by atoms with Gasteiger partial charge in [-0.05, 0) is 62.2 Å². The van der Waals surface area contributed by atoms with Gasteiger partial charge in [0.2, 0.25) is 0 Å². The van der Waals surface area contributed by atoms with Gasteiger partial charge in [-0.1, -0.05) is 0 Å². The molecule has 1 amide bonds. The summed E-state index contributed by atoms with van der Waals surface area (Å²) in [7, 11) is 0. The van der Waals surface area contributed by atoms with Crippen LogP contribution in [0, 0.1) is 0 Å². The van der Waals surface area contributed by atoms with E-state index in [9.17, 15) is 19.8 Å². The zero-order valence-corrected chi connectivity index (χ0v) is 18.5. The molecule has 2 N–H and O–H groups in total. The van der Waals surface area contributed by atoms with Crippen molar-refractivity contribution in [3.05, 3.63) is 38.6 Å². The molecule has 0 bridgehead atoms. The van der Waals surface area contributed by atoms with Crippen LogP contribution in [0.5, 0.6) is 5.75 Å². The molecule has 0 radical (unpaired) electrons. The van der Waals surface area contributed by atoms with Crippen LogP contribution in [0.4, 0.5) is 0 Å². The average molecular weight is 527 g/mol. The predicted molar refractivity (Wildman–Crippen MR) is 115 cm³/mol. The molecule has 0 aromatic heterocycles. The van der Waals surface area contributed by atoms with Crippen LogP contribution < -0.4 is 0 Å². The normalized spacial score (nSPS) is 10.3. The minimum absolute atomic E-state index is 0.00829. The first kappa shape index (κ1) is 24.5. The van der Waals surface area contributed by atoms with E-state index >= 15 is 0 Å². The van der Waals surface area contributed by atoms with Crippen molar-refractivity contribution in [1.29, 1.82) is 0 Å². The van der Waals surface area contributed by atoms with E-state index in [0.717, 1.165) is 6.20 Å². The number of phenols is 1. The van der Waals surface area contributed by atoms with Crippen LogP contribution in [0.3, 0.4) is 0 Å². The molecule has 1 rings (SSSR count). The largest absolute Gasteiger partial charge is 0.506 e. The molecule has 1 atom stereocenters. The Labute approximate surface area is 184 Å². The maximum atomic E-state index is 11.8. The summed E-state index contributed by atoms with van der Waals surface area (Å²) in [6.07, 6.45) is -0.0879. The van der Waals surface area contributed by atoms with E-state index in [1.165, 1.54) is 0 Å². The molecule has 0 unspecified atom stereocenters. The molecule has 0 fully saturated rings. The van der Waals surface area contributed by atoms with E-state index in [0.29, 0.717) is 21.1 Å². The number of carbonyl (C=O) groups is 2. The van der Waals surface area contributed by atoms with Gasteiger partial charge in [-0.2, -0.15) is 9.98 Å². The summed E-state index contributed by atoms with van der Waals surface area (Å²) >= 11 is 6.35. The number of esters is 1. The minimum atomic E-state index is -1.37. The smallest absolute Gasteiger partial charge is 0.307 e. The highest BCUT2D eigenvalue weighted by Crippen LogP contribution is 2.33. The number of aliphatic hydroxyl groups is 1. The van der Waals surface area contributed by atoms with Gasteiger partial charge in [-0.15, -0.1) is 0 Å². The maximum absolute atomic E-state index is 11.8. The van der Waals surface area contributed by atoms with Crippen LogP contribution in [0.25, 0.3) is 0 Å². The monoisotopic (exact) mass is 525 g/mol. The molecular weight excluding hydrogens is 510 g/mol. The highest BCUT2D eigenvalue weighted by Gasteiger charge is 2.16. The molecule has 8 nitrogen and oxygen atoms in total. The van der Waals surface area contributed by atoms with Gasteiger partial charge in [0, 0.05) is 12.3 Å². The van der Waals surface area contributed by atoms with Crippen LogP contribution >= 0.6 is 31.9 Å². The summed E-state index contributed by atoms with van der Waals surface area (Å²) in [6.45, 7) is 2.26. The van der Waals surface area contributed by atoms with Gasteiger partial charge < -0.3 is 14.9 Å². The quantitative estimate of drug-likeness (QED) is 0.306. The van der Waals surface area contributed by atoms with Crippen LogP contribution in [0.15, 0.2) is 48.0 Å². The molecule has 29 heavy (non-hydrogen) atoms. The van der Waals surface area contributed by atoms with E-state index in [1.807, 2.05) is 0 Å². The number of aromatic hydroxyl groups is 1. The van der Waals surface area contributed by atoms with Gasteiger partial charge in [-0.25, -0.2) is 4.99 Å². The van der Waals surface area contributed by atoms with E-state index in [1.54, 1.807) is 19.1 Å². The number of phenolic OH excluding ortho intramolecular Hbond substituents is 1. The fraction of sp³-hybridized carbons (Fsp3) is 0.316. The molecule has 0 aliphatic rings. The fourth-order valence-corrected chi connectivity index (χ4v) is 3.08. The number of carbonyl (C=O) groups excluding carboxylic acids is 2. The van der Waals surface area contributed by atoms with Gasteiger partial charge in [0.25, 0.3) is 5.91 Å². The number of halogens is 2. The Morgan fingerprint density at radius 1 is 1.24 bits per heavy atom. The second-order valence-corrected chi connectivity index (χ2v) is 6.96. The lowest BCUT2D eigenvalue weighted by Gasteiger charge is -2.08. The van der Waals surface area contributed by atoms with Gasteiger partial charge in [0.1, 0.15) is 11.9 Å². The van der Waals surface area contributed by atoms with Crippen LogP contribution in [-0.4, -0.2) is 59.0 Å². The molecule has 152 valence electrons. The molecule has 0 spiro atoms. The van der Waals surface area contributed by atoms with Crippen LogP contribution in [-0.2, 0) is 20.7 Å². The van der Waals surface area contributed by atoms with Crippen molar-refractivity contribution in [1.82, 2.24) is 0 Å². The van der Waals surface area contributed by atoms with Crippen molar-refractivity contribution in [2.45, 2.75) is 25.9 Å².